The van der Waals surface area contributed by atoms with E-state index in [0.717, 1.165) is 5.56 Å². The van der Waals surface area contributed by atoms with Crippen molar-refractivity contribution in [3.63, 3.8) is 0 Å². The second-order valence-electron chi connectivity index (χ2n) is 7.84. The van der Waals surface area contributed by atoms with Crippen LogP contribution < -0.4 is 10.7 Å². The van der Waals surface area contributed by atoms with Crippen LogP contribution in [0.3, 0.4) is 0 Å². The summed E-state index contributed by atoms with van der Waals surface area (Å²) in [4.78, 5) is 38.2. The fourth-order valence-corrected chi connectivity index (χ4v) is 3.66. The van der Waals surface area contributed by atoms with Gasteiger partial charge in [-0.2, -0.15) is 10.1 Å². The van der Waals surface area contributed by atoms with Crippen molar-refractivity contribution in [3.05, 3.63) is 83.4 Å². The number of carbonyl (C=O) groups excluding carboxylic acids is 3. The van der Waals surface area contributed by atoms with Gasteiger partial charge in [-0.3, -0.25) is 15.0 Å². The summed E-state index contributed by atoms with van der Waals surface area (Å²) in [5, 5.41) is 7.43. The summed E-state index contributed by atoms with van der Waals surface area (Å²) < 4.78 is 15.4. The summed E-state index contributed by atoms with van der Waals surface area (Å²) in [5.74, 6) is -1.74. The van der Waals surface area contributed by atoms with E-state index in [9.17, 15) is 18.8 Å². The van der Waals surface area contributed by atoms with Crippen LogP contribution in [-0.2, 0) is 11.2 Å². The van der Waals surface area contributed by atoms with Crippen molar-refractivity contribution < 1.29 is 18.8 Å². The van der Waals surface area contributed by atoms with Crippen LogP contribution in [0.4, 0.5) is 9.18 Å². The summed E-state index contributed by atoms with van der Waals surface area (Å²) in [6, 6.07) is 14.9. The first kappa shape index (κ1) is 21.2. The zero-order valence-electron chi connectivity index (χ0n) is 17.6. The summed E-state index contributed by atoms with van der Waals surface area (Å²) in [6.45, 7) is 3.23. The van der Waals surface area contributed by atoms with E-state index in [1.54, 1.807) is 26.0 Å². The number of nitrogens with zero attached hydrogens (tertiary/aromatic N) is 3. The minimum Gasteiger partial charge on any atom is -0.322 e. The number of hydrogen-bond donors (Lipinski definition) is 2. The molecule has 1 fully saturated rings. The lowest BCUT2D eigenvalue weighted by atomic mass is 9.93. The van der Waals surface area contributed by atoms with Gasteiger partial charge in [-0.25, -0.2) is 13.9 Å². The van der Waals surface area contributed by atoms with E-state index in [0.29, 0.717) is 23.5 Å². The van der Waals surface area contributed by atoms with Crippen molar-refractivity contribution in [1.82, 2.24) is 25.5 Å². The topological polar surface area (TPSA) is 96.3 Å². The van der Waals surface area contributed by atoms with Gasteiger partial charge < -0.3 is 5.32 Å². The molecular weight excluding hydrogens is 413 g/mol. The molecule has 4 amide bonds. The molecule has 1 aliphatic heterocycles. The van der Waals surface area contributed by atoms with Gasteiger partial charge in [0.05, 0.1) is 17.5 Å². The van der Waals surface area contributed by atoms with Gasteiger partial charge in [0.15, 0.2) is 0 Å². The number of aromatic nitrogens is 2. The summed E-state index contributed by atoms with van der Waals surface area (Å²) in [5.41, 5.74) is 2.92. The van der Waals surface area contributed by atoms with Crippen LogP contribution in [0, 0.1) is 12.7 Å². The molecule has 1 atom stereocenters. The molecule has 2 N–H and O–H groups in total. The second-order valence-corrected chi connectivity index (χ2v) is 7.84. The van der Waals surface area contributed by atoms with Crippen molar-refractivity contribution in [2.45, 2.75) is 32.2 Å². The van der Waals surface area contributed by atoms with Crippen molar-refractivity contribution in [1.29, 1.82) is 0 Å². The highest BCUT2D eigenvalue weighted by molar-refractivity contribution is 6.09. The van der Waals surface area contributed by atoms with E-state index in [1.165, 1.54) is 23.0 Å². The monoisotopic (exact) mass is 435 g/mol. The molecule has 164 valence electrons. The molecule has 2 heterocycles. The van der Waals surface area contributed by atoms with E-state index in [4.69, 9.17) is 0 Å². The molecule has 0 aliphatic carbocycles. The molecule has 1 unspecified atom stereocenters. The number of halogens is 1. The lowest BCUT2D eigenvalue weighted by Crippen LogP contribution is -2.49. The van der Waals surface area contributed by atoms with E-state index in [2.05, 4.69) is 15.8 Å². The SMILES string of the molecule is Cc1c(C(=O)NN2C(=O)NC(C)(CCc3ccccc3)C2=O)cnn1-c1ccccc1F. The lowest BCUT2D eigenvalue weighted by molar-refractivity contribution is -0.132. The third-order valence-corrected chi connectivity index (χ3v) is 5.57. The fraction of sp³-hybridized carbons (Fsp3) is 0.217. The first-order valence-electron chi connectivity index (χ1n) is 10.1. The normalized spacial score (nSPS) is 18.0. The number of rotatable bonds is 6. The Hall–Kier alpha value is -4.01. The van der Waals surface area contributed by atoms with E-state index in [1.807, 2.05) is 30.3 Å². The molecule has 0 radical (unpaired) electrons. The number of carbonyl (C=O) groups is 3. The highest BCUT2D eigenvalue weighted by Gasteiger charge is 2.48. The number of urea groups is 1. The van der Waals surface area contributed by atoms with Crippen molar-refractivity contribution in [2.75, 3.05) is 0 Å². The standard InChI is InChI=1S/C23H22FN5O3/c1-15-17(14-25-28(15)19-11-7-6-10-18(19)24)20(30)27-29-21(31)23(2,26-22(29)32)13-12-16-8-4-3-5-9-16/h3-11,14H,12-13H2,1-2H3,(H,26,32)(H,27,30). The lowest BCUT2D eigenvalue weighted by Gasteiger charge is -2.21. The van der Waals surface area contributed by atoms with Gasteiger partial charge in [0.25, 0.3) is 11.8 Å². The fourth-order valence-electron chi connectivity index (χ4n) is 3.66. The molecule has 1 aliphatic rings. The van der Waals surface area contributed by atoms with Gasteiger partial charge in [0.2, 0.25) is 0 Å². The van der Waals surface area contributed by atoms with Crippen LogP contribution in [-0.4, -0.2) is 38.2 Å². The van der Waals surface area contributed by atoms with Crippen molar-refractivity contribution in [2.24, 2.45) is 0 Å². The molecule has 0 saturated carbocycles. The smallest absolute Gasteiger partial charge is 0.322 e. The predicted molar refractivity (Wildman–Crippen MR) is 114 cm³/mol. The van der Waals surface area contributed by atoms with Gasteiger partial charge in [-0.1, -0.05) is 42.5 Å². The van der Waals surface area contributed by atoms with Crippen molar-refractivity contribution in [3.8, 4) is 5.69 Å². The summed E-state index contributed by atoms with van der Waals surface area (Å²) in [6.07, 6.45) is 2.22. The highest BCUT2D eigenvalue weighted by Crippen LogP contribution is 2.23. The molecule has 2 aromatic carbocycles. The number of nitrogens with one attached hydrogen (secondary N) is 2. The third-order valence-electron chi connectivity index (χ3n) is 5.57. The number of amides is 4. The van der Waals surface area contributed by atoms with Crippen molar-refractivity contribution >= 4 is 17.8 Å². The molecule has 1 saturated heterocycles. The number of aryl methyl sites for hydroxylation is 1. The van der Waals surface area contributed by atoms with Gasteiger partial charge in [0, 0.05) is 0 Å². The Balaban J connectivity index is 1.48. The van der Waals surface area contributed by atoms with Crippen LogP contribution in [0.15, 0.2) is 60.8 Å². The predicted octanol–water partition coefficient (Wildman–Crippen LogP) is 2.91. The van der Waals surface area contributed by atoms with Crippen LogP contribution in [0.5, 0.6) is 0 Å². The van der Waals surface area contributed by atoms with Crippen LogP contribution in [0.2, 0.25) is 0 Å². The van der Waals surface area contributed by atoms with Gasteiger partial charge in [0.1, 0.15) is 17.0 Å². The van der Waals surface area contributed by atoms with Gasteiger partial charge in [-0.05, 0) is 44.4 Å². The number of hydrazine groups is 1. The molecular formula is C23H22FN5O3. The Morgan fingerprint density at radius 1 is 1.12 bits per heavy atom. The number of imide groups is 1. The average Bonchev–Trinajstić information content (AvgIpc) is 3.26. The molecule has 0 spiro atoms. The second kappa shape index (κ2) is 8.26. The number of benzene rings is 2. The zero-order chi connectivity index (χ0) is 22.9. The molecule has 8 nitrogen and oxygen atoms in total. The minimum absolute atomic E-state index is 0.117. The first-order valence-corrected chi connectivity index (χ1v) is 10.1. The Morgan fingerprint density at radius 3 is 2.53 bits per heavy atom. The Morgan fingerprint density at radius 2 is 1.81 bits per heavy atom. The molecule has 0 bridgehead atoms. The van der Waals surface area contributed by atoms with E-state index >= 15 is 0 Å². The maximum atomic E-state index is 14.1. The largest absolute Gasteiger partial charge is 0.344 e. The van der Waals surface area contributed by atoms with E-state index < -0.39 is 29.2 Å². The number of hydrogen-bond acceptors (Lipinski definition) is 4. The Bertz CT molecular complexity index is 1190. The summed E-state index contributed by atoms with van der Waals surface area (Å²) >= 11 is 0. The molecule has 4 rings (SSSR count). The molecule has 32 heavy (non-hydrogen) atoms. The van der Waals surface area contributed by atoms with Gasteiger partial charge in [-0.15, -0.1) is 0 Å². The highest BCUT2D eigenvalue weighted by atomic mass is 19.1. The maximum Gasteiger partial charge on any atom is 0.344 e. The van der Waals surface area contributed by atoms with Crippen LogP contribution in [0.25, 0.3) is 5.69 Å². The minimum atomic E-state index is -1.15. The average molecular weight is 435 g/mol. The Kier molecular flexibility index (Phi) is 5.48. The molecule has 3 aromatic rings. The molecule has 9 heteroatoms. The number of para-hydroxylation sites is 1. The first-order chi connectivity index (χ1) is 15.3. The zero-order valence-corrected chi connectivity index (χ0v) is 17.6. The molecule has 1 aromatic heterocycles. The van der Waals surface area contributed by atoms with Gasteiger partial charge >= 0.3 is 6.03 Å². The third kappa shape index (κ3) is 3.84. The van der Waals surface area contributed by atoms with Crippen LogP contribution >= 0.6 is 0 Å². The van der Waals surface area contributed by atoms with Crippen LogP contribution in [0.1, 0.15) is 35.0 Å². The quantitative estimate of drug-likeness (QED) is 0.582. The van der Waals surface area contributed by atoms with E-state index in [-0.39, 0.29) is 11.3 Å². The maximum absolute atomic E-state index is 14.1. The Labute approximate surface area is 184 Å². The summed E-state index contributed by atoms with van der Waals surface area (Å²) in [7, 11) is 0.